The molecule has 1 aliphatic heterocycles. The number of halogens is 2. The maximum atomic E-state index is 13.7. The number of aliphatic hydroxyl groups is 2. The zero-order valence-electron chi connectivity index (χ0n) is 9.46. The van der Waals surface area contributed by atoms with E-state index in [4.69, 9.17) is 9.84 Å². The summed E-state index contributed by atoms with van der Waals surface area (Å²) in [4.78, 5) is 15.0. The fourth-order valence-electron chi connectivity index (χ4n) is 1.79. The number of ether oxygens (including phenoxy) is 1. The maximum Gasteiger partial charge on any atom is 0.350 e. The third kappa shape index (κ3) is 1.92. The zero-order chi connectivity index (χ0) is 13.5. The van der Waals surface area contributed by atoms with Gasteiger partial charge in [-0.15, -0.1) is 0 Å². The van der Waals surface area contributed by atoms with Crippen molar-refractivity contribution in [1.82, 2.24) is 9.55 Å². The number of rotatable bonds is 2. The molecule has 1 aromatic rings. The second kappa shape index (κ2) is 4.38. The van der Waals surface area contributed by atoms with Crippen LogP contribution < -0.4 is 5.69 Å². The molecule has 2 rings (SSSR count). The Bertz CT molecular complexity index is 505. The lowest BCUT2D eigenvalue weighted by atomic mass is 10.1. The average molecular weight is 262 g/mol. The van der Waals surface area contributed by atoms with Crippen LogP contribution in [0.1, 0.15) is 11.9 Å². The summed E-state index contributed by atoms with van der Waals surface area (Å²) >= 11 is 0. The minimum atomic E-state index is -3.67. The minimum absolute atomic E-state index is 0.386. The van der Waals surface area contributed by atoms with E-state index in [-0.39, 0.29) is 0 Å². The fourth-order valence-corrected chi connectivity index (χ4v) is 1.79. The molecule has 0 aromatic carbocycles. The fraction of sp³-hybridized carbons (Fsp3) is 0.600. The van der Waals surface area contributed by atoms with E-state index >= 15 is 0 Å². The molecule has 1 aromatic heterocycles. The van der Waals surface area contributed by atoms with Crippen LogP contribution in [-0.4, -0.2) is 44.5 Å². The lowest BCUT2D eigenvalue weighted by Crippen LogP contribution is -2.41. The summed E-state index contributed by atoms with van der Waals surface area (Å²) < 4.78 is 32.9. The van der Waals surface area contributed by atoms with Gasteiger partial charge in [0.25, 0.3) is 0 Å². The molecule has 0 radical (unpaired) electrons. The van der Waals surface area contributed by atoms with Gasteiger partial charge in [0.05, 0.1) is 6.61 Å². The van der Waals surface area contributed by atoms with Gasteiger partial charge in [-0.1, -0.05) is 0 Å². The number of hydrogen-bond donors (Lipinski definition) is 2. The van der Waals surface area contributed by atoms with Crippen LogP contribution in [0.3, 0.4) is 0 Å². The molecule has 1 fully saturated rings. The molecule has 0 amide bonds. The van der Waals surface area contributed by atoms with Crippen molar-refractivity contribution >= 4 is 0 Å². The molecule has 0 spiro atoms. The Morgan fingerprint density at radius 3 is 2.78 bits per heavy atom. The zero-order valence-corrected chi connectivity index (χ0v) is 9.46. The predicted octanol–water partition coefficient (Wildman–Crippen LogP) is -0.562. The van der Waals surface area contributed by atoms with Crippen LogP contribution in [0.15, 0.2) is 17.1 Å². The summed E-state index contributed by atoms with van der Waals surface area (Å²) in [7, 11) is 0. The standard InChI is InChI=1S/C10H12F2N2O4/c1-5-2-3-14(9(17)13-5)8-10(11,12)7(16)6(4-15)18-8/h2-3,6-8,15-16H,4H2,1H3/t6-,7-,8?/m1/s1. The Morgan fingerprint density at radius 1 is 1.61 bits per heavy atom. The highest BCUT2D eigenvalue weighted by Crippen LogP contribution is 2.41. The average Bonchev–Trinajstić information content (AvgIpc) is 2.52. The molecule has 1 aliphatic rings. The molecule has 1 saturated heterocycles. The number of hydrogen-bond acceptors (Lipinski definition) is 5. The molecule has 2 N–H and O–H groups in total. The van der Waals surface area contributed by atoms with Crippen LogP contribution in [0.4, 0.5) is 8.78 Å². The lowest BCUT2D eigenvalue weighted by molar-refractivity contribution is -0.141. The number of aliphatic hydroxyl groups excluding tert-OH is 2. The van der Waals surface area contributed by atoms with Crippen molar-refractivity contribution in [3.63, 3.8) is 0 Å². The van der Waals surface area contributed by atoms with E-state index in [0.29, 0.717) is 10.3 Å². The molecule has 8 heteroatoms. The van der Waals surface area contributed by atoms with Gasteiger partial charge in [0, 0.05) is 11.9 Å². The van der Waals surface area contributed by atoms with E-state index in [2.05, 4.69) is 4.98 Å². The van der Waals surface area contributed by atoms with E-state index in [9.17, 15) is 18.7 Å². The number of aryl methyl sites for hydroxylation is 1. The van der Waals surface area contributed by atoms with Crippen LogP contribution in [0.2, 0.25) is 0 Å². The van der Waals surface area contributed by atoms with Crippen molar-refractivity contribution in [3.8, 4) is 0 Å². The van der Waals surface area contributed by atoms with Gasteiger partial charge in [0.15, 0.2) is 6.10 Å². The van der Waals surface area contributed by atoms with Gasteiger partial charge in [0.1, 0.15) is 6.10 Å². The largest absolute Gasteiger partial charge is 0.394 e. The quantitative estimate of drug-likeness (QED) is 0.746. The Morgan fingerprint density at radius 2 is 2.28 bits per heavy atom. The van der Waals surface area contributed by atoms with E-state index < -0.39 is 36.7 Å². The van der Waals surface area contributed by atoms with Crippen LogP contribution in [0, 0.1) is 6.92 Å². The molecule has 0 bridgehead atoms. The lowest BCUT2D eigenvalue weighted by Gasteiger charge is -2.20. The minimum Gasteiger partial charge on any atom is -0.394 e. The monoisotopic (exact) mass is 262 g/mol. The Kier molecular flexibility index (Phi) is 3.18. The van der Waals surface area contributed by atoms with Gasteiger partial charge >= 0.3 is 11.6 Å². The van der Waals surface area contributed by atoms with E-state index in [0.717, 1.165) is 6.20 Å². The molecule has 2 heterocycles. The van der Waals surface area contributed by atoms with Crippen LogP contribution in [0.25, 0.3) is 0 Å². The first-order valence-corrected chi connectivity index (χ1v) is 5.26. The number of alkyl halides is 2. The van der Waals surface area contributed by atoms with Crippen molar-refractivity contribution in [3.05, 3.63) is 28.4 Å². The van der Waals surface area contributed by atoms with Gasteiger partial charge in [-0.3, -0.25) is 4.57 Å². The van der Waals surface area contributed by atoms with Crippen molar-refractivity contribution in [2.24, 2.45) is 0 Å². The van der Waals surface area contributed by atoms with Gasteiger partial charge in [-0.2, -0.15) is 13.8 Å². The van der Waals surface area contributed by atoms with Gasteiger partial charge in [0.2, 0.25) is 6.23 Å². The second-order valence-electron chi connectivity index (χ2n) is 4.09. The molecule has 1 unspecified atom stereocenters. The molecule has 6 nitrogen and oxygen atoms in total. The maximum absolute atomic E-state index is 13.7. The summed E-state index contributed by atoms with van der Waals surface area (Å²) in [5, 5.41) is 18.1. The normalized spacial score (nSPS) is 30.6. The van der Waals surface area contributed by atoms with E-state index in [1.54, 1.807) is 6.92 Å². The van der Waals surface area contributed by atoms with E-state index in [1.165, 1.54) is 6.07 Å². The highest BCUT2D eigenvalue weighted by atomic mass is 19.3. The molecule has 0 aliphatic carbocycles. The third-order valence-corrected chi connectivity index (χ3v) is 2.78. The van der Waals surface area contributed by atoms with Crippen LogP contribution in [-0.2, 0) is 4.74 Å². The first-order chi connectivity index (χ1) is 8.37. The summed E-state index contributed by atoms with van der Waals surface area (Å²) in [5.74, 6) is -3.67. The van der Waals surface area contributed by atoms with Crippen molar-refractivity contribution < 1.29 is 23.7 Å². The van der Waals surface area contributed by atoms with Gasteiger partial charge in [-0.05, 0) is 13.0 Å². The molecule has 3 atom stereocenters. The molecule has 100 valence electrons. The Hall–Kier alpha value is -1.38. The van der Waals surface area contributed by atoms with Crippen LogP contribution >= 0.6 is 0 Å². The predicted molar refractivity (Wildman–Crippen MR) is 55.2 cm³/mol. The molecular weight excluding hydrogens is 250 g/mol. The summed E-state index contributed by atoms with van der Waals surface area (Å²) in [6.45, 7) is 0.784. The summed E-state index contributed by atoms with van der Waals surface area (Å²) in [5.41, 5.74) is -0.512. The number of aromatic nitrogens is 2. The van der Waals surface area contributed by atoms with E-state index in [1.807, 2.05) is 0 Å². The Balaban J connectivity index is 2.42. The topological polar surface area (TPSA) is 84.6 Å². The smallest absolute Gasteiger partial charge is 0.350 e. The van der Waals surface area contributed by atoms with Crippen molar-refractivity contribution in [2.75, 3.05) is 6.61 Å². The summed E-state index contributed by atoms with van der Waals surface area (Å²) in [6, 6.07) is 1.37. The highest BCUT2D eigenvalue weighted by Gasteiger charge is 2.59. The molecular formula is C10H12F2N2O4. The summed E-state index contributed by atoms with van der Waals surface area (Å²) in [6.07, 6.45) is -4.44. The number of nitrogens with zero attached hydrogens (tertiary/aromatic N) is 2. The first kappa shape index (κ1) is 13.1. The van der Waals surface area contributed by atoms with Gasteiger partial charge < -0.3 is 14.9 Å². The van der Waals surface area contributed by atoms with Gasteiger partial charge in [-0.25, -0.2) is 4.79 Å². The van der Waals surface area contributed by atoms with Crippen molar-refractivity contribution in [1.29, 1.82) is 0 Å². The third-order valence-electron chi connectivity index (χ3n) is 2.78. The molecule has 0 saturated carbocycles. The highest BCUT2D eigenvalue weighted by molar-refractivity contribution is 5.01. The Labute approximate surface area is 100 Å². The first-order valence-electron chi connectivity index (χ1n) is 5.26. The van der Waals surface area contributed by atoms with Crippen LogP contribution in [0.5, 0.6) is 0 Å². The second-order valence-corrected chi connectivity index (χ2v) is 4.09. The molecule has 18 heavy (non-hydrogen) atoms. The van der Waals surface area contributed by atoms with Crippen molar-refractivity contribution in [2.45, 2.75) is 31.3 Å². The SMILES string of the molecule is Cc1ccn(C2O[C@H](CO)[C@@H](O)C2(F)F)c(=O)n1.